The van der Waals surface area contributed by atoms with Gasteiger partial charge in [-0.25, -0.2) is 21.6 Å². The van der Waals surface area contributed by atoms with Gasteiger partial charge in [0.15, 0.2) is 0 Å². The molecule has 0 radical (unpaired) electrons. The molecule has 0 amide bonds. The van der Waals surface area contributed by atoms with E-state index in [1.807, 2.05) is 26.0 Å². The second kappa shape index (κ2) is 8.12. The lowest BCUT2D eigenvalue weighted by Gasteiger charge is -2.26. The lowest BCUT2D eigenvalue weighted by molar-refractivity contribution is 0.577. The van der Waals surface area contributed by atoms with Crippen molar-refractivity contribution in [3.05, 3.63) is 29.8 Å². The van der Waals surface area contributed by atoms with Gasteiger partial charge in [0.1, 0.15) is 0 Å². The highest BCUT2D eigenvalue weighted by Gasteiger charge is 2.21. The summed E-state index contributed by atoms with van der Waals surface area (Å²) >= 11 is 0. The maximum atomic E-state index is 12.1. The Morgan fingerprint density at radius 3 is 2.26 bits per heavy atom. The standard InChI is InChI=1S/C15H26N2O4S2/c1-5-12-23(20,21)16-10-11-17(22(4,18)19)15-9-7-6-8-14(15)13(2)3/h6-9,13,16H,5,10-12H2,1-4H3. The number of rotatable bonds is 9. The van der Waals surface area contributed by atoms with Crippen molar-refractivity contribution in [3.63, 3.8) is 0 Å². The van der Waals surface area contributed by atoms with Crippen LogP contribution in [0.3, 0.4) is 0 Å². The topological polar surface area (TPSA) is 83.6 Å². The van der Waals surface area contributed by atoms with Crippen LogP contribution in [0.5, 0.6) is 0 Å². The second-order valence-corrected chi connectivity index (χ2v) is 9.60. The zero-order valence-electron chi connectivity index (χ0n) is 14.1. The van der Waals surface area contributed by atoms with Crippen LogP contribution in [0.25, 0.3) is 0 Å². The van der Waals surface area contributed by atoms with Crippen LogP contribution >= 0.6 is 0 Å². The van der Waals surface area contributed by atoms with Gasteiger partial charge in [-0.2, -0.15) is 0 Å². The molecule has 0 aliphatic rings. The molecule has 1 aromatic carbocycles. The lowest BCUT2D eigenvalue weighted by Crippen LogP contribution is -2.39. The Labute approximate surface area is 140 Å². The number of para-hydroxylation sites is 1. The molecule has 0 saturated carbocycles. The molecule has 0 bridgehead atoms. The molecule has 23 heavy (non-hydrogen) atoms. The Morgan fingerprint density at radius 2 is 1.74 bits per heavy atom. The van der Waals surface area contributed by atoms with E-state index >= 15 is 0 Å². The summed E-state index contributed by atoms with van der Waals surface area (Å²) in [6.07, 6.45) is 1.64. The van der Waals surface area contributed by atoms with Gasteiger partial charge in [-0.15, -0.1) is 0 Å². The number of nitrogens with one attached hydrogen (secondary N) is 1. The number of anilines is 1. The van der Waals surface area contributed by atoms with Crippen molar-refractivity contribution >= 4 is 25.7 Å². The summed E-state index contributed by atoms with van der Waals surface area (Å²) in [5.41, 5.74) is 1.51. The molecule has 1 aromatic rings. The van der Waals surface area contributed by atoms with Gasteiger partial charge in [-0.1, -0.05) is 39.0 Å². The molecule has 0 unspecified atom stereocenters. The van der Waals surface area contributed by atoms with Crippen LogP contribution < -0.4 is 9.03 Å². The van der Waals surface area contributed by atoms with Crippen molar-refractivity contribution in [1.29, 1.82) is 0 Å². The maximum Gasteiger partial charge on any atom is 0.232 e. The van der Waals surface area contributed by atoms with Crippen molar-refractivity contribution in [2.45, 2.75) is 33.1 Å². The van der Waals surface area contributed by atoms with Gasteiger partial charge >= 0.3 is 0 Å². The molecule has 0 fully saturated rings. The van der Waals surface area contributed by atoms with Gasteiger partial charge in [0.05, 0.1) is 17.7 Å². The van der Waals surface area contributed by atoms with Gasteiger partial charge in [0.2, 0.25) is 20.0 Å². The van der Waals surface area contributed by atoms with Crippen LogP contribution in [0.4, 0.5) is 5.69 Å². The molecule has 0 atom stereocenters. The number of sulfonamides is 2. The van der Waals surface area contributed by atoms with Crippen LogP contribution in [0.15, 0.2) is 24.3 Å². The fraction of sp³-hybridized carbons (Fsp3) is 0.600. The van der Waals surface area contributed by atoms with Gasteiger partial charge < -0.3 is 0 Å². The highest BCUT2D eigenvalue weighted by Crippen LogP contribution is 2.28. The molecule has 1 N–H and O–H groups in total. The van der Waals surface area contributed by atoms with Crippen molar-refractivity contribution in [2.24, 2.45) is 0 Å². The van der Waals surface area contributed by atoms with Gasteiger partial charge in [-0.05, 0) is 24.0 Å². The fourth-order valence-electron chi connectivity index (χ4n) is 2.31. The summed E-state index contributed by atoms with van der Waals surface area (Å²) in [4.78, 5) is 0. The molecule has 0 aliphatic heterocycles. The normalized spacial score (nSPS) is 12.6. The minimum Gasteiger partial charge on any atom is -0.269 e. The van der Waals surface area contributed by atoms with Crippen LogP contribution in [-0.2, 0) is 20.0 Å². The van der Waals surface area contributed by atoms with Crippen molar-refractivity contribution < 1.29 is 16.8 Å². The highest BCUT2D eigenvalue weighted by atomic mass is 32.2. The van der Waals surface area contributed by atoms with E-state index in [-0.39, 0.29) is 24.8 Å². The first kappa shape index (κ1) is 19.9. The third kappa shape index (κ3) is 6.12. The third-order valence-electron chi connectivity index (χ3n) is 3.34. The Kier molecular flexibility index (Phi) is 7.03. The minimum absolute atomic E-state index is 0.0362. The van der Waals surface area contributed by atoms with E-state index in [1.165, 1.54) is 4.31 Å². The Morgan fingerprint density at radius 1 is 1.13 bits per heavy atom. The zero-order chi connectivity index (χ0) is 17.7. The molecule has 6 nitrogen and oxygen atoms in total. The van der Waals surface area contributed by atoms with E-state index in [4.69, 9.17) is 0 Å². The molecular weight excluding hydrogens is 336 g/mol. The second-order valence-electron chi connectivity index (χ2n) is 5.76. The molecule has 132 valence electrons. The first-order valence-electron chi connectivity index (χ1n) is 7.62. The molecule has 0 aromatic heterocycles. The van der Waals surface area contributed by atoms with Crippen molar-refractivity contribution in [1.82, 2.24) is 4.72 Å². The van der Waals surface area contributed by atoms with Crippen LogP contribution in [0.2, 0.25) is 0 Å². The lowest BCUT2D eigenvalue weighted by atomic mass is 10.0. The summed E-state index contributed by atoms with van der Waals surface area (Å²) in [5.74, 6) is 0.196. The first-order chi connectivity index (χ1) is 10.6. The molecule has 0 heterocycles. The number of hydrogen-bond acceptors (Lipinski definition) is 4. The minimum atomic E-state index is -3.51. The van der Waals surface area contributed by atoms with Crippen LogP contribution in [0.1, 0.15) is 38.7 Å². The number of benzene rings is 1. The molecule has 0 aliphatic carbocycles. The van der Waals surface area contributed by atoms with E-state index in [0.29, 0.717) is 12.1 Å². The van der Waals surface area contributed by atoms with E-state index in [2.05, 4.69) is 4.72 Å². The molecule has 0 spiro atoms. The maximum absolute atomic E-state index is 12.1. The van der Waals surface area contributed by atoms with Gasteiger partial charge in [0, 0.05) is 13.1 Å². The van der Waals surface area contributed by atoms with E-state index in [0.717, 1.165) is 11.8 Å². The Bertz CT molecular complexity index is 713. The van der Waals surface area contributed by atoms with Crippen LogP contribution in [0, 0.1) is 0 Å². The van der Waals surface area contributed by atoms with E-state index in [9.17, 15) is 16.8 Å². The summed E-state index contributed by atoms with van der Waals surface area (Å²) in [6, 6.07) is 7.28. The monoisotopic (exact) mass is 362 g/mol. The van der Waals surface area contributed by atoms with E-state index in [1.54, 1.807) is 19.1 Å². The Balaban J connectivity index is 3.01. The van der Waals surface area contributed by atoms with E-state index < -0.39 is 20.0 Å². The average Bonchev–Trinajstić information content (AvgIpc) is 2.42. The Hall–Kier alpha value is -1.12. The number of hydrogen-bond donors (Lipinski definition) is 1. The summed E-state index contributed by atoms with van der Waals surface area (Å²) < 4.78 is 51.4. The molecular formula is C15H26N2O4S2. The van der Waals surface area contributed by atoms with Gasteiger partial charge in [0.25, 0.3) is 0 Å². The third-order valence-corrected chi connectivity index (χ3v) is 6.11. The van der Waals surface area contributed by atoms with Crippen LogP contribution in [-0.4, -0.2) is 41.9 Å². The first-order valence-corrected chi connectivity index (χ1v) is 11.1. The molecule has 0 saturated heterocycles. The van der Waals surface area contributed by atoms with Gasteiger partial charge in [-0.3, -0.25) is 4.31 Å². The smallest absolute Gasteiger partial charge is 0.232 e. The summed E-state index contributed by atoms with van der Waals surface area (Å²) in [6.45, 7) is 5.86. The quantitative estimate of drug-likeness (QED) is 0.727. The zero-order valence-corrected chi connectivity index (χ0v) is 15.7. The highest BCUT2D eigenvalue weighted by molar-refractivity contribution is 7.92. The largest absolute Gasteiger partial charge is 0.269 e. The molecule has 1 rings (SSSR count). The predicted molar refractivity (Wildman–Crippen MR) is 94.8 cm³/mol. The number of nitrogens with zero attached hydrogens (tertiary/aromatic N) is 1. The fourth-order valence-corrected chi connectivity index (χ4v) is 4.34. The van der Waals surface area contributed by atoms with Crippen molar-refractivity contribution in [2.75, 3.05) is 29.4 Å². The average molecular weight is 363 g/mol. The summed E-state index contributed by atoms with van der Waals surface area (Å²) in [7, 11) is -6.86. The van der Waals surface area contributed by atoms with Crippen molar-refractivity contribution in [3.8, 4) is 0 Å². The SMILES string of the molecule is CCCS(=O)(=O)NCCN(c1ccccc1C(C)C)S(C)(=O)=O. The molecule has 8 heteroatoms. The predicted octanol–water partition coefficient (Wildman–Crippen LogP) is 1.91. The summed E-state index contributed by atoms with van der Waals surface area (Å²) in [5, 5.41) is 0.